The molecule has 5 heteroatoms. The van der Waals surface area contributed by atoms with Crippen LogP contribution < -0.4 is 5.32 Å². The molecule has 1 aliphatic rings. The van der Waals surface area contributed by atoms with Crippen LogP contribution >= 0.6 is 0 Å². The standard InChI is InChI=1S/C11H19NO4/c1-7(2)16-6-10(13)12-9-4-3-8(5-9)11(14)15/h7-9H,3-6H2,1-2H3,(H,12,13)(H,14,15)/t8-,9+/m1/s1. The maximum absolute atomic E-state index is 11.4. The van der Waals surface area contributed by atoms with Crippen molar-refractivity contribution in [3.63, 3.8) is 0 Å². The third-order valence-corrected chi connectivity index (χ3v) is 2.69. The zero-order chi connectivity index (χ0) is 12.1. The summed E-state index contributed by atoms with van der Waals surface area (Å²) in [7, 11) is 0. The van der Waals surface area contributed by atoms with E-state index in [0.717, 1.165) is 6.42 Å². The molecular weight excluding hydrogens is 210 g/mol. The van der Waals surface area contributed by atoms with Crippen LogP contribution in [0.1, 0.15) is 33.1 Å². The predicted molar refractivity (Wildman–Crippen MR) is 58.0 cm³/mol. The Labute approximate surface area is 95.2 Å². The number of carbonyl (C=O) groups is 2. The van der Waals surface area contributed by atoms with Crippen LogP contribution in [0.3, 0.4) is 0 Å². The molecule has 0 bridgehead atoms. The van der Waals surface area contributed by atoms with Gasteiger partial charge in [-0.1, -0.05) is 0 Å². The Kier molecular flexibility index (Phi) is 4.73. The van der Waals surface area contributed by atoms with Gasteiger partial charge in [0.25, 0.3) is 0 Å². The molecule has 0 aromatic rings. The normalized spacial score (nSPS) is 24.7. The summed E-state index contributed by atoms with van der Waals surface area (Å²) in [6, 6.07) is -0.00985. The van der Waals surface area contributed by atoms with E-state index in [1.165, 1.54) is 0 Å². The van der Waals surface area contributed by atoms with Crippen molar-refractivity contribution < 1.29 is 19.4 Å². The van der Waals surface area contributed by atoms with Crippen LogP contribution in [0.15, 0.2) is 0 Å². The third-order valence-electron chi connectivity index (χ3n) is 2.69. The molecule has 0 radical (unpaired) electrons. The van der Waals surface area contributed by atoms with E-state index < -0.39 is 5.97 Å². The average Bonchev–Trinajstić information content (AvgIpc) is 2.63. The zero-order valence-electron chi connectivity index (χ0n) is 9.73. The SMILES string of the molecule is CC(C)OCC(=O)N[C@H]1CC[C@@H](C(=O)O)C1. The van der Waals surface area contributed by atoms with Gasteiger partial charge in [0.1, 0.15) is 6.61 Å². The number of nitrogens with one attached hydrogen (secondary N) is 1. The Morgan fingerprint density at radius 1 is 1.44 bits per heavy atom. The summed E-state index contributed by atoms with van der Waals surface area (Å²) in [6.45, 7) is 3.78. The summed E-state index contributed by atoms with van der Waals surface area (Å²) in [5.74, 6) is -1.24. The maximum atomic E-state index is 11.4. The fourth-order valence-electron chi connectivity index (χ4n) is 1.85. The maximum Gasteiger partial charge on any atom is 0.306 e. The van der Waals surface area contributed by atoms with Gasteiger partial charge in [0.15, 0.2) is 0 Å². The van der Waals surface area contributed by atoms with E-state index in [1.54, 1.807) is 0 Å². The minimum absolute atomic E-state index is 0.00985. The van der Waals surface area contributed by atoms with Gasteiger partial charge in [-0.25, -0.2) is 0 Å². The molecule has 0 spiro atoms. The molecule has 2 atom stereocenters. The second-order valence-corrected chi connectivity index (χ2v) is 4.47. The third kappa shape index (κ3) is 4.18. The largest absolute Gasteiger partial charge is 0.481 e. The smallest absolute Gasteiger partial charge is 0.306 e. The predicted octanol–water partition coefficient (Wildman–Crippen LogP) is 0.781. The first-order valence-corrected chi connectivity index (χ1v) is 5.62. The van der Waals surface area contributed by atoms with Crippen LogP contribution in [0.25, 0.3) is 0 Å². The molecule has 1 fully saturated rings. The van der Waals surface area contributed by atoms with Crippen molar-refractivity contribution in [3.05, 3.63) is 0 Å². The molecule has 0 saturated heterocycles. The van der Waals surface area contributed by atoms with Crippen LogP contribution in [0.5, 0.6) is 0 Å². The van der Waals surface area contributed by atoms with Gasteiger partial charge in [0.2, 0.25) is 5.91 Å². The first kappa shape index (κ1) is 13.0. The molecule has 1 aliphatic carbocycles. The van der Waals surface area contributed by atoms with Crippen molar-refractivity contribution >= 4 is 11.9 Å². The lowest BCUT2D eigenvalue weighted by Crippen LogP contribution is -2.36. The van der Waals surface area contributed by atoms with Crippen LogP contribution in [0, 0.1) is 5.92 Å². The van der Waals surface area contributed by atoms with Crippen LogP contribution in [-0.2, 0) is 14.3 Å². The minimum atomic E-state index is -0.768. The molecule has 0 heterocycles. The molecule has 92 valence electrons. The molecule has 1 amide bonds. The van der Waals surface area contributed by atoms with Gasteiger partial charge in [-0.05, 0) is 33.1 Å². The van der Waals surface area contributed by atoms with Crippen molar-refractivity contribution in [1.82, 2.24) is 5.32 Å². The first-order chi connectivity index (χ1) is 7.49. The summed E-state index contributed by atoms with van der Waals surface area (Å²) in [6.07, 6.45) is 1.94. The molecule has 0 aromatic heterocycles. The van der Waals surface area contributed by atoms with Gasteiger partial charge >= 0.3 is 5.97 Å². The van der Waals surface area contributed by atoms with E-state index in [2.05, 4.69) is 5.32 Å². The number of rotatable bonds is 5. The van der Waals surface area contributed by atoms with E-state index in [4.69, 9.17) is 9.84 Å². The quantitative estimate of drug-likeness (QED) is 0.730. The van der Waals surface area contributed by atoms with Crippen molar-refractivity contribution in [2.75, 3.05) is 6.61 Å². The number of carboxylic acids is 1. The van der Waals surface area contributed by atoms with E-state index in [9.17, 15) is 9.59 Å². The van der Waals surface area contributed by atoms with Crippen LogP contribution in [0.2, 0.25) is 0 Å². The summed E-state index contributed by atoms with van der Waals surface area (Å²) in [4.78, 5) is 22.1. The average molecular weight is 229 g/mol. The molecule has 1 saturated carbocycles. The van der Waals surface area contributed by atoms with Crippen LogP contribution in [0.4, 0.5) is 0 Å². The monoisotopic (exact) mass is 229 g/mol. The number of hydrogen-bond acceptors (Lipinski definition) is 3. The summed E-state index contributed by atoms with van der Waals surface area (Å²) in [5, 5.41) is 11.6. The van der Waals surface area contributed by atoms with Crippen LogP contribution in [-0.4, -0.2) is 35.7 Å². The van der Waals surface area contributed by atoms with Gasteiger partial charge in [-0.3, -0.25) is 9.59 Å². The molecular formula is C11H19NO4. The summed E-state index contributed by atoms with van der Waals surface area (Å²) < 4.78 is 5.16. The molecule has 5 nitrogen and oxygen atoms in total. The molecule has 0 aromatic carbocycles. The summed E-state index contributed by atoms with van der Waals surface area (Å²) in [5.41, 5.74) is 0. The van der Waals surface area contributed by atoms with E-state index in [0.29, 0.717) is 12.8 Å². The Balaban J connectivity index is 2.23. The highest BCUT2D eigenvalue weighted by molar-refractivity contribution is 5.78. The second-order valence-electron chi connectivity index (χ2n) is 4.47. The summed E-state index contributed by atoms with van der Waals surface area (Å²) >= 11 is 0. The Morgan fingerprint density at radius 3 is 2.62 bits per heavy atom. The van der Waals surface area contributed by atoms with Gasteiger partial charge in [-0.2, -0.15) is 0 Å². The second kappa shape index (κ2) is 5.84. The van der Waals surface area contributed by atoms with E-state index in [-0.39, 0.29) is 30.6 Å². The highest BCUT2D eigenvalue weighted by Crippen LogP contribution is 2.25. The number of carboxylic acid groups (broad SMARTS) is 1. The van der Waals surface area contributed by atoms with Crippen molar-refractivity contribution in [2.24, 2.45) is 5.92 Å². The topological polar surface area (TPSA) is 75.6 Å². The minimum Gasteiger partial charge on any atom is -0.481 e. The first-order valence-electron chi connectivity index (χ1n) is 5.62. The molecule has 0 unspecified atom stereocenters. The van der Waals surface area contributed by atoms with Gasteiger partial charge in [0.05, 0.1) is 12.0 Å². The number of aliphatic carboxylic acids is 1. The Bertz CT molecular complexity index is 265. The Hall–Kier alpha value is -1.10. The number of ether oxygens (including phenoxy) is 1. The molecule has 2 N–H and O–H groups in total. The van der Waals surface area contributed by atoms with Gasteiger partial charge in [0, 0.05) is 6.04 Å². The van der Waals surface area contributed by atoms with Gasteiger partial charge in [-0.15, -0.1) is 0 Å². The highest BCUT2D eigenvalue weighted by atomic mass is 16.5. The lowest BCUT2D eigenvalue weighted by molar-refractivity contribution is -0.141. The van der Waals surface area contributed by atoms with Crippen molar-refractivity contribution in [2.45, 2.75) is 45.3 Å². The molecule has 16 heavy (non-hydrogen) atoms. The fourth-order valence-corrected chi connectivity index (χ4v) is 1.85. The number of hydrogen-bond donors (Lipinski definition) is 2. The van der Waals surface area contributed by atoms with Crippen molar-refractivity contribution in [3.8, 4) is 0 Å². The van der Waals surface area contributed by atoms with Crippen molar-refractivity contribution in [1.29, 1.82) is 0 Å². The molecule has 0 aliphatic heterocycles. The zero-order valence-corrected chi connectivity index (χ0v) is 9.73. The van der Waals surface area contributed by atoms with E-state index in [1.807, 2.05) is 13.8 Å². The van der Waals surface area contributed by atoms with E-state index >= 15 is 0 Å². The molecule has 1 rings (SSSR count). The van der Waals surface area contributed by atoms with Gasteiger partial charge < -0.3 is 15.2 Å². The highest BCUT2D eigenvalue weighted by Gasteiger charge is 2.30. The fraction of sp³-hybridized carbons (Fsp3) is 0.818. The lowest BCUT2D eigenvalue weighted by Gasteiger charge is -2.13. The lowest BCUT2D eigenvalue weighted by atomic mass is 10.1. The Morgan fingerprint density at radius 2 is 2.12 bits per heavy atom. The number of carbonyl (C=O) groups excluding carboxylic acids is 1. The number of amides is 1.